The van der Waals surface area contributed by atoms with Crippen LogP contribution in [0.4, 0.5) is 0 Å². The highest BCUT2D eigenvalue weighted by Gasteiger charge is 2.33. The molecule has 2 atom stereocenters. The standard InChI is InChI=1S/C9H13N3O4/c13-7(14)6-3-1-2-5(6)4-12-8(15)10-11-9(12)16/h5-6H,1-4H2,(H,10,15)(H,11,16)(H,13,14). The topological polar surface area (TPSA) is 108 Å². The molecule has 1 fully saturated rings. The normalized spacial score (nSPS) is 24.8. The van der Waals surface area contributed by atoms with E-state index in [0.717, 1.165) is 17.4 Å². The van der Waals surface area contributed by atoms with Crippen molar-refractivity contribution in [1.82, 2.24) is 14.8 Å². The van der Waals surface area contributed by atoms with Gasteiger partial charge in [-0.05, 0) is 18.8 Å². The van der Waals surface area contributed by atoms with Crippen LogP contribution in [0.25, 0.3) is 0 Å². The summed E-state index contributed by atoms with van der Waals surface area (Å²) in [6, 6.07) is 0. The van der Waals surface area contributed by atoms with Gasteiger partial charge in [0.05, 0.1) is 5.92 Å². The molecule has 7 heteroatoms. The zero-order valence-electron chi connectivity index (χ0n) is 8.60. The molecule has 2 rings (SSSR count). The fourth-order valence-electron chi connectivity index (χ4n) is 2.31. The van der Waals surface area contributed by atoms with E-state index in [1.165, 1.54) is 0 Å². The molecule has 1 aromatic heterocycles. The fraction of sp³-hybridized carbons (Fsp3) is 0.667. The smallest absolute Gasteiger partial charge is 0.344 e. The summed E-state index contributed by atoms with van der Waals surface area (Å²) in [6.07, 6.45) is 2.20. The highest BCUT2D eigenvalue weighted by atomic mass is 16.4. The zero-order valence-corrected chi connectivity index (χ0v) is 8.60. The number of aliphatic carboxylic acids is 1. The summed E-state index contributed by atoms with van der Waals surface area (Å²) in [5.41, 5.74) is -1.03. The molecule has 0 radical (unpaired) electrons. The summed E-state index contributed by atoms with van der Waals surface area (Å²) in [5, 5.41) is 13.3. The Kier molecular flexibility index (Phi) is 2.67. The van der Waals surface area contributed by atoms with E-state index in [-0.39, 0.29) is 12.5 Å². The van der Waals surface area contributed by atoms with E-state index in [1.807, 2.05) is 0 Å². The van der Waals surface area contributed by atoms with Crippen molar-refractivity contribution in [3.8, 4) is 0 Å². The van der Waals surface area contributed by atoms with Crippen molar-refractivity contribution in [3.63, 3.8) is 0 Å². The van der Waals surface area contributed by atoms with Gasteiger partial charge in [0.2, 0.25) is 0 Å². The van der Waals surface area contributed by atoms with Crippen LogP contribution in [0.5, 0.6) is 0 Å². The van der Waals surface area contributed by atoms with Crippen LogP contribution in [0, 0.1) is 11.8 Å². The third-order valence-electron chi connectivity index (χ3n) is 3.16. The van der Waals surface area contributed by atoms with E-state index in [9.17, 15) is 14.4 Å². The van der Waals surface area contributed by atoms with Crippen molar-refractivity contribution in [2.75, 3.05) is 0 Å². The Balaban J connectivity index is 2.19. The lowest BCUT2D eigenvalue weighted by Crippen LogP contribution is -2.32. The van der Waals surface area contributed by atoms with Crippen LogP contribution in [0.2, 0.25) is 0 Å². The first-order valence-electron chi connectivity index (χ1n) is 5.20. The number of hydrogen-bond acceptors (Lipinski definition) is 3. The summed E-state index contributed by atoms with van der Waals surface area (Å²) in [5.74, 6) is -1.42. The third kappa shape index (κ3) is 1.80. The van der Waals surface area contributed by atoms with Crippen molar-refractivity contribution < 1.29 is 9.90 Å². The van der Waals surface area contributed by atoms with E-state index in [4.69, 9.17) is 5.11 Å². The van der Waals surface area contributed by atoms with E-state index in [0.29, 0.717) is 6.42 Å². The largest absolute Gasteiger partial charge is 0.481 e. The van der Waals surface area contributed by atoms with E-state index >= 15 is 0 Å². The number of carboxylic acids is 1. The average molecular weight is 227 g/mol. The van der Waals surface area contributed by atoms with Crippen LogP contribution in [0.1, 0.15) is 19.3 Å². The van der Waals surface area contributed by atoms with E-state index in [2.05, 4.69) is 10.2 Å². The molecule has 0 amide bonds. The van der Waals surface area contributed by atoms with Crippen molar-refractivity contribution in [2.24, 2.45) is 11.8 Å². The summed E-state index contributed by atoms with van der Waals surface area (Å²) < 4.78 is 1.02. The second-order valence-electron chi connectivity index (χ2n) is 4.11. The lowest BCUT2D eigenvalue weighted by atomic mass is 9.96. The van der Waals surface area contributed by atoms with Gasteiger partial charge >= 0.3 is 17.3 Å². The molecule has 0 bridgehead atoms. The van der Waals surface area contributed by atoms with Crippen molar-refractivity contribution in [1.29, 1.82) is 0 Å². The molecule has 16 heavy (non-hydrogen) atoms. The SMILES string of the molecule is O=C(O)C1CCCC1Cn1c(=O)[nH][nH]c1=O. The first kappa shape index (κ1) is 10.7. The molecule has 0 saturated heterocycles. The quantitative estimate of drug-likeness (QED) is 0.638. The van der Waals surface area contributed by atoms with Crippen LogP contribution < -0.4 is 11.4 Å². The van der Waals surface area contributed by atoms with Gasteiger partial charge in [-0.25, -0.2) is 24.4 Å². The molecular weight excluding hydrogens is 214 g/mol. The molecular formula is C9H13N3O4. The number of hydrogen-bond donors (Lipinski definition) is 3. The monoisotopic (exact) mass is 227 g/mol. The first-order chi connectivity index (χ1) is 7.59. The number of nitrogens with one attached hydrogen (secondary N) is 2. The summed E-state index contributed by atoms with van der Waals surface area (Å²) in [7, 11) is 0. The number of aromatic nitrogens is 3. The van der Waals surface area contributed by atoms with Gasteiger partial charge < -0.3 is 5.11 Å². The maximum Gasteiger partial charge on any atom is 0.344 e. The molecule has 1 saturated carbocycles. The second-order valence-corrected chi connectivity index (χ2v) is 4.11. The predicted octanol–water partition coefficient (Wildman–Crippen LogP) is -0.634. The first-order valence-corrected chi connectivity index (χ1v) is 5.20. The fourth-order valence-corrected chi connectivity index (χ4v) is 2.31. The molecule has 3 N–H and O–H groups in total. The van der Waals surface area contributed by atoms with Crippen LogP contribution in [0.15, 0.2) is 9.59 Å². The van der Waals surface area contributed by atoms with Crippen LogP contribution >= 0.6 is 0 Å². The molecule has 1 aliphatic carbocycles. The minimum absolute atomic E-state index is 0.132. The van der Waals surface area contributed by atoms with Gasteiger partial charge in [0, 0.05) is 6.54 Å². The Bertz CT molecular complexity index is 470. The zero-order chi connectivity index (χ0) is 11.7. The molecule has 1 aliphatic rings. The Morgan fingerprint density at radius 1 is 1.31 bits per heavy atom. The maximum absolute atomic E-state index is 11.2. The number of carbonyl (C=O) groups is 1. The Morgan fingerprint density at radius 2 is 1.94 bits per heavy atom. The maximum atomic E-state index is 11.2. The van der Waals surface area contributed by atoms with Gasteiger partial charge in [0.1, 0.15) is 0 Å². The lowest BCUT2D eigenvalue weighted by molar-refractivity contribution is -0.143. The summed E-state index contributed by atoms with van der Waals surface area (Å²) in [4.78, 5) is 33.4. The Morgan fingerprint density at radius 3 is 2.50 bits per heavy atom. The van der Waals surface area contributed by atoms with Gasteiger partial charge in [-0.1, -0.05) is 6.42 Å². The molecule has 0 aromatic carbocycles. The van der Waals surface area contributed by atoms with Crippen LogP contribution in [-0.2, 0) is 11.3 Å². The summed E-state index contributed by atoms with van der Waals surface area (Å²) in [6.45, 7) is 0.175. The molecule has 7 nitrogen and oxygen atoms in total. The third-order valence-corrected chi connectivity index (χ3v) is 3.16. The number of H-pyrrole nitrogens is 2. The molecule has 88 valence electrons. The van der Waals surface area contributed by atoms with Gasteiger partial charge in [-0.15, -0.1) is 0 Å². The summed E-state index contributed by atoms with van der Waals surface area (Å²) >= 11 is 0. The molecule has 1 heterocycles. The molecule has 0 spiro atoms. The van der Waals surface area contributed by atoms with Gasteiger partial charge in [0.15, 0.2) is 0 Å². The number of aromatic amines is 2. The van der Waals surface area contributed by atoms with E-state index < -0.39 is 23.3 Å². The number of rotatable bonds is 3. The molecule has 0 aliphatic heterocycles. The predicted molar refractivity (Wildman–Crippen MR) is 54.1 cm³/mol. The number of carboxylic acid groups (broad SMARTS) is 1. The van der Waals surface area contributed by atoms with Crippen molar-refractivity contribution in [3.05, 3.63) is 21.0 Å². The van der Waals surface area contributed by atoms with Crippen molar-refractivity contribution >= 4 is 5.97 Å². The minimum atomic E-state index is -0.845. The lowest BCUT2D eigenvalue weighted by Gasteiger charge is -2.14. The molecule has 1 aromatic rings. The van der Waals surface area contributed by atoms with E-state index in [1.54, 1.807) is 0 Å². The number of nitrogens with zero attached hydrogens (tertiary/aromatic N) is 1. The Hall–Kier alpha value is -1.79. The van der Waals surface area contributed by atoms with Gasteiger partial charge in [-0.3, -0.25) is 4.79 Å². The molecule has 2 unspecified atom stereocenters. The van der Waals surface area contributed by atoms with Crippen molar-refractivity contribution in [2.45, 2.75) is 25.8 Å². The highest BCUT2D eigenvalue weighted by Crippen LogP contribution is 2.32. The van der Waals surface area contributed by atoms with Crippen LogP contribution in [0.3, 0.4) is 0 Å². The van der Waals surface area contributed by atoms with Gasteiger partial charge in [0.25, 0.3) is 0 Å². The van der Waals surface area contributed by atoms with Crippen LogP contribution in [-0.4, -0.2) is 25.8 Å². The Labute approximate surface area is 90.1 Å². The average Bonchev–Trinajstić information content (AvgIpc) is 2.80. The minimum Gasteiger partial charge on any atom is -0.481 e. The van der Waals surface area contributed by atoms with Gasteiger partial charge in [-0.2, -0.15) is 0 Å². The highest BCUT2D eigenvalue weighted by molar-refractivity contribution is 5.70. The second kappa shape index (κ2) is 3.99.